The summed E-state index contributed by atoms with van der Waals surface area (Å²) in [6.45, 7) is 4.32. The van der Waals surface area contributed by atoms with Crippen molar-refractivity contribution < 1.29 is 0 Å². The quantitative estimate of drug-likeness (QED) is 0.535. The first-order valence-electron chi connectivity index (χ1n) is 7.02. The SMILES string of the molecule is Cc1cccc(-c2ccnc(C3=CC[C@@](C)(I)C=C3)n2)c1. The monoisotopic (exact) mass is 388 g/mol. The largest absolute Gasteiger partial charge is 0.237 e. The molecule has 1 aliphatic carbocycles. The molecule has 1 aliphatic rings. The van der Waals surface area contributed by atoms with E-state index in [0.29, 0.717) is 0 Å². The van der Waals surface area contributed by atoms with Crippen molar-refractivity contribution in [3.63, 3.8) is 0 Å². The van der Waals surface area contributed by atoms with Gasteiger partial charge in [0.05, 0.1) is 5.69 Å². The van der Waals surface area contributed by atoms with Crippen molar-refractivity contribution in [1.82, 2.24) is 9.97 Å². The van der Waals surface area contributed by atoms with Gasteiger partial charge in [-0.25, -0.2) is 9.97 Å². The highest BCUT2D eigenvalue weighted by molar-refractivity contribution is 14.1. The van der Waals surface area contributed by atoms with Crippen LogP contribution in [-0.4, -0.2) is 13.4 Å². The Balaban J connectivity index is 1.95. The number of aryl methyl sites for hydroxylation is 1. The van der Waals surface area contributed by atoms with Crippen molar-refractivity contribution in [3.8, 4) is 11.3 Å². The summed E-state index contributed by atoms with van der Waals surface area (Å²) in [5.41, 5.74) is 4.46. The molecule has 1 heterocycles. The first-order chi connectivity index (χ1) is 10.0. The van der Waals surface area contributed by atoms with Crippen LogP contribution in [0.15, 0.2) is 54.8 Å². The molecule has 1 aromatic heterocycles. The van der Waals surface area contributed by atoms with Gasteiger partial charge in [-0.05, 0) is 32.4 Å². The van der Waals surface area contributed by atoms with E-state index in [1.165, 1.54) is 5.56 Å². The average Bonchev–Trinajstić information content (AvgIpc) is 2.47. The molecule has 0 amide bonds. The summed E-state index contributed by atoms with van der Waals surface area (Å²) in [6.07, 6.45) is 9.43. The predicted octanol–water partition coefficient (Wildman–Crippen LogP) is 4.99. The summed E-state index contributed by atoms with van der Waals surface area (Å²) in [5.74, 6) is 0.803. The summed E-state index contributed by atoms with van der Waals surface area (Å²) in [6, 6.07) is 10.4. The van der Waals surface area contributed by atoms with Crippen molar-refractivity contribution in [2.24, 2.45) is 0 Å². The van der Waals surface area contributed by atoms with Gasteiger partial charge < -0.3 is 0 Å². The number of halogens is 1. The number of hydrogen-bond acceptors (Lipinski definition) is 2. The number of aromatic nitrogens is 2. The van der Waals surface area contributed by atoms with Crippen LogP contribution in [-0.2, 0) is 0 Å². The maximum atomic E-state index is 4.72. The van der Waals surface area contributed by atoms with Gasteiger partial charge in [0.25, 0.3) is 0 Å². The number of hydrogen-bond donors (Lipinski definition) is 0. The minimum Gasteiger partial charge on any atom is -0.237 e. The number of nitrogens with zero attached hydrogens (tertiary/aromatic N) is 2. The van der Waals surface area contributed by atoms with E-state index in [1.54, 1.807) is 0 Å². The van der Waals surface area contributed by atoms with Gasteiger partial charge in [0.15, 0.2) is 5.82 Å². The molecule has 1 atom stereocenters. The van der Waals surface area contributed by atoms with Crippen LogP contribution >= 0.6 is 22.6 Å². The Kier molecular flexibility index (Phi) is 3.93. The fourth-order valence-electron chi connectivity index (χ4n) is 2.34. The minimum atomic E-state index is 0.204. The standard InChI is InChI=1S/C18H17IN2/c1-13-4-3-5-15(12-13)16-8-11-20-17(21-16)14-6-9-18(2,19)10-7-14/h3-9,11-12H,10H2,1-2H3/t18-/m0/s1. The maximum Gasteiger partial charge on any atom is 0.159 e. The third-order valence-electron chi connectivity index (χ3n) is 3.56. The van der Waals surface area contributed by atoms with Crippen molar-refractivity contribution in [2.45, 2.75) is 23.7 Å². The topological polar surface area (TPSA) is 25.8 Å². The van der Waals surface area contributed by atoms with Crippen LogP contribution in [0.2, 0.25) is 0 Å². The van der Waals surface area contributed by atoms with Crippen molar-refractivity contribution in [1.29, 1.82) is 0 Å². The summed E-state index contributed by atoms with van der Waals surface area (Å²) in [4.78, 5) is 9.15. The lowest BCUT2D eigenvalue weighted by Gasteiger charge is -2.20. The molecule has 0 unspecified atom stereocenters. The zero-order valence-corrected chi connectivity index (χ0v) is 14.3. The molecular weight excluding hydrogens is 371 g/mol. The Morgan fingerprint density at radius 1 is 1.24 bits per heavy atom. The van der Waals surface area contributed by atoms with Gasteiger partial charge in [-0.3, -0.25) is 0 Å². The van der Waals surface area contributed by atoms with E-state index < -0.39 is 0 Å². The highest BCUT2D eigenvalue weighted by Crippen LogP contribution is 2.32. The first kappa shape index (κ1) is 14.4. The van der Waals surface area contributed by atoms with Crippen molar-refractivity contribution in [2.75, 3.05) is 0 Å². The van der Waals surface area contributed by atoms with Gasteiger partial charge in [0, 0.05) is 20.8 Å². The number of rotatable bonds is 2. The fourth-order valence-corrected chi connectivity index (χ4v) is 2.74. The molecule has 0 saturated carbocycles. The molecule has 21 heavy (non-hydrogen) atoms. The smallest absolute Gasteiger partial charge is 0.159 e. The molecular formula is C18H17IN2. The molecule has 3 rings (SSSR count). The van der Waals surface area contributed by atoms with Crippen LogP contribution in [0, 0.1) is 6.92 Å². The van der Waals surface area contributed by atoms with E-state index in [0.717, 1.165) is 29.1 Å². The van der Waals surface area contributed by atoms with E-state index in [1.807, 2.05) is 12.3 Å². The van der Waals surface area contributed by atoms with E-state index >= 15 is 0 Å². The second-order valence-corrected chi connectivity index (χ2v) is 8.07. The van der Waals surface area contributed by atoms with Gasteiger partial charge in [0.2, 0.25) is 0 Å². The lowest BCUT2D eigenvalue weighted by atomic mass is 9.98. The van der Waals surface area contributed by atoms with Crippen LogP contribution < -0.4 is 0 Å². The van der Waals surface area contributed by atoms with Gasteiger partial charge in [0.1, 0.15) is 0 Å². The Labute approximate surface area is 139 Å². The molecule has 2 nitrogen and oxygen atoms in total. The highest BCUT2D eigenvalue weighted by atomic mass is 127. The number of allylic oxidation sites excluding steroid dienone is 4. The molecule has 0 saturated heterocycles. The molecule has 0 N–H and O–H groups in total. The molecule has 0 fully saturated rings. The zero-order chi connectivity index (χ0) is 14.9. The molecule has 106 valence electrons. The Morgan fingerprint density at radius 3 is 2.81 bits per heavy atom. The van der Waals surface area contributed by atoms with E-state index in [4.69, 9.17) is 4.98 Å². The van der Waals surface area contributed by atoms with Crippen molar-refractivity contribution in [3.05, 3.63) is 66.1 Å². The molecule has 0 spiro atoms. The van der Waals surface area contributed by atoms with Gasteiger partial charge in [-0.1, -0.05) is 64.6 Å². The van der Waals surface area contributed by atoms with Gasteiger partial charge in [-0.2, -0.15) is 0 Å². The first-order valence-corrected chi connectivity index (χ1v) is 8.10. The Morgan fingerprint density at radius 2 is 2.10 bits per heavy atom. The molecule has 3 heteroatoms. The lowest BCUT2D eigenvalue weighted by Crippen LogP contribution is -2.13. The third-order valence-corrected chi connectivity index (χ3v) is 4.36. The molecule has 0 radical (unpaired) electrons. The summed E-state index contributed by atoms with van der Waals surface area (Å²) >= 11 is 2.47. The van der Waals surface area contributed by atoms with E-state index in [9.17, 15) is 0 Å². The second-order valence-electron chi connectivity index (χ2n) is 5.61. The summed E-state index contributed by atoms with van der Waals surface area (Å²) in [7, 11) is 0. The minimum absolute atomic E-state index is 0.204. The molecule has 2 aromatic rings. The van der Waals surface area contributed by atoms with Crippen LogP contribution in [0.4, 0.5) is 0 Å². The van der Waals surface area contributed by atoms with E-state index in [2.05, 4.69) is 83.9 Å². The number of alkyl halides is 1. The van der Waals surface area contributed by atoms with E-state index in [-0.39, 0.29) is 3.42 Å². The van der Waals surface area contributed by atoms with Crippen LogP contribution in [0.5, 0.6) is 0 Å². The predicted molar refractivity (Wildman–Crippen MR) is 96.4 cm³/mol. The highest BCUT2D eigenvalue weighted by Gasteiger charge is 2.19. The second kappa shape index (κ2) is 5.72. The summed E-state index contributed by atoms with van der Waals surface area (Å²) in [5, 5.41) is 0. The average molecular weight is 388 g/mol. The summed E-state index contributed by atoms with van der Waals surface area (Å²) < 4.78 is 0.204. The molecule has 1 aromatic carbocycles. The Hall–Kier alpha value is -1.49. The van der Waals surface area contributed by atoms with Crippen LogP contribution in [0.1, 0.15) is 24.7 Å². The van der Waals surface area contributed by atoms with Crippen LogP contribution in [0.3, 0.4) is 0 Å². The van der Waals surface area contributed by atoms with Gasteiger partial charge >= 0.3 is 0 Å². The Bertz CT molecular complexity index is 730. The molecule has 0 bridgehead atoms. The fraction of sp³-hybridized carbons (Fsp3) is 0.222. The normalized spacial score (nSPS) is 21.2. The molecule has 0 aliphatic heterocycles. The van der Waals surface area contributed by atoms with Crippen molar-refractivity contribution >= 4 is 28.2 Å². The zero-order valence-electron chi connectivity index (χ0n) is 12.2. The van der Waals surface area contributed by atoms with Gasteiger partial charge in [-0.15, -0.1) is 0 Å². The van der Waals surface area contributed by atoms with Crippen LogP contribution in [0.25, 0.3) is 16.8 Å². The maximum absolute atomic E-state index is 4.72. The lowest BCUT2D eigenvalue weighted by molar-refractivity contribution is 0.837. The third kappa shape index (κ3) is 3.40. The number of benzene rings is 1.